The highest BCUT2D eigenvalue weighted by Crippen LogP contribution is 2.64. The number of nitrogens with zero attached hydrogens (tertiary/aromatic N) is 2. The van der Waals surface area contributed by atoms with Gasteiger partial charge in [-0.25, -0.2) is 4.79 Å². The standard InChI is InChI=1S/C39H43N3O11S/c1-16-9-20-10-22-37(46)42-23-13-50-38(47)39(21-12-25(48-5)24(44)11-19(21)7-8-40-39)14-54-36(30(42)29(41(22)4)26(20)31(45)32(16)49-6)28-27(23)35-34(51-15-52-35)17(2)33(28)53-18(3)43/h9,11-12,22-23,29-30,36-37,40,44-46H,7-8,10,13-15H2,1-6H3/t22-,23+,29+,30+,36-,37+,39-/m1/s1. The minimum Gasteiger partial charge on any atom is -0.504 e. The Balaban J connectivity index is 1.32. The average molecular weight is 762 g/mol. The smallest absolute Gasteiger partial charge is 0.331 e. The first-order valence-electron chi connectivity index (χ1n) is 18.1. The maximum Gasteiger partial charge on any atom is 0.331 e. The van der Waals surface area contributed by atoms with Crippen LogP contribution in [0.3, 0.4) is 0 Å². The molecule has 3 aromatic carbocycles. The van der Waals surface area contributed by atoms with Crippen molar-refractivity contribution < 1.29 is 53.3 Å². The van der Waals surface area contributed by atoms with Crippen LogP contribution in [0.2, 0.25) is 0 Å². The van der Waals surface area contributed by atoms with Crippen molar-refractivity contribution in [2.75, 3.05) is 47.0 Å². The molecule has 1 spiro atoms. The van der Waals surface area contributed by atoms with Gasteiger partial charge in [0.15, 0.2) is 40.0 Å². The Morgan fingerprint density at radius 2 is 1.80 bits per heavy atom. The number of carbonyl (C=O) groups excluding carboxylic acids is 2. The number of methoxy groups -OCH3 is 2. The number of esters is 2. The number of ether oxygens (including phenoxy) is 6. The van der Waals surface area contributed by atoms with E-state index in [-0.39, 0.29) is 42.4 Å². The summed E-state index contributed by atoms with van der Waals surface area (Å²) < 4.78 is 35.9. The predicted molar refractivity (Wildman–Crippen MR) is 195 cm³/mol. The second-order valence-electron chi connectivity index (χ2n) is 14.9. The zero-order valence-corrected chi connectivity index (χ0v) is 31.7. The van der Waals surface area contributed by atoms with Gasteiger partial charge in [0.25, 0.3) is 0 Å². The number of aromatic hydroxyl groups is 2. The molecule has 0 aliphatic carbocycles. The Hall–Kier alpha value is -4.41. The molecular weight excluding hydrogens is 719 g/mol. The lowest BCUT2D eigenvalue weighted by molar-refractivity contribution is -0.186. The minimum absolute atomic E-state index is 0.0226. The maximum atomic E-state index is 14.7. The molecule has 0 unspecified atom stereocenters. The van der Waals surface area contributed by atoms with Crippen LogP contribution < -0.4 is 29.0 Å². The highest BCUT2D eigenvalue weighted by molar-refractivity contribution is 7.99. The van der Waals surface area contributed by atoms with Crippen molar-refractivity contribution in [1.82, 2.24) is 15.1 Å². The van der Waals surface area contributed by atoms with Crippen LogP contribution in [0, 0.1) is 13.8 Å². The number of rotatable bonds is 3. The van der Waals surface area contributed by atoms with Crippen LogP contribution in [0.1, 0.15) is 68.8 Å². The van der Waals surface area contributed by atoms with E-state index in [2.05, 4.69) is 10.2 Å². The largest absolute Gasteiger partial charge is 0.504 e. The summed E-state index contributed by atoms with van der Waals surface area (Å²) in [6.07, 6.45) is -0.0282. The number of thioether (sulfide) groups is 1. The van der Waals surface area contributed by atoms with Crippen molar-refractivity contribution >= 4 is 23.7 Å². The monoisotopic (exact) mass is 761 g/mol. The van der Waals surface area contributed by atoms with Crippen molar-refractivity contribution in [3.8, 4) is 40.2 Å². The Morgan fingerprint density at radius 1 is 1.02 bits per heavy atom. The molecule has 7 aliphatic heterocycles. The van der Waals surface area contributed by atoms with Crippen LogP contribution in [-0.2, 0) is 32.7 Å². The van der Waals surface area contributed by atoms with Crippen LogP contribution in [0.5, 0.6) is 40.2 Å². The molecule has 0 saturated carbocycles. The van der Waals surface area contributed by atoms with E-state index in [1.807, 2.05) is 31.9 Å². The van der Waals surface area contributed by atoms with Crippen LogP contribution in [-0.4, -0.2) is 102 Å². The van der Waals surface area contributed by atoms with Gasteiger partial charge in [0.2, 0.25) is 6.79 Å². The zero-order valence-electron chi connectivity index (χ0n) is 30.8. The lowest BCUT2D eigenvalue weighted by Gasteiger charge is -2.62. The number of carbonyl (C=O) groups is 2. The van der Waals surface area contributed by atoms with Gasteiger partial charge in [0.1, 0.15) is 18.6 Å². The fourth-order valence-corrected chi connectivity index (χ4v) is 11.7. The molecular formula is C39H43N3O11S. The molecule has 54 heavy (non-hydrogen) atoms. The Bertz CT molecular complexity index is 2130. The number of aliphatic hydroxyl groups is 1. The quantitative estimate of drug-likeness (QED) is 0.226. The summed E-state index contributed by atoms with van der Waals surface area (Å²) in [7, 11) is 4.96. The number of phenols is 2. The number of piperazine rings is 1. The number of phenolic OH excluding ortho intramolecular Hbond substituents is 2. The summed E-state index contributed by atoms with van der Waals surface area (Å²) >= 11 is 1.47. The number of aryl methyl sites for hydroxylation is 1. The SMILES string of the molecule is COc1cc2c(cc1O)CCN[C@]21CS[C@@H]2c3c(OC(C)=O)c(C)c4c(c3[C@H](COC1=O)N1[C@H]2[C@@H]2c3c(cc(C)c(OC)c3O)C[C@H]([C@@H]1O)N2C)OCO4. The van der Waals surface area contributed by atoms with E-state index in [0.29, 0.717) is 70.2 Å². The molecule has 7 atom stereocenters. The van der Waals surface area contributed by atoms with E-state index in [4.69, 9.17) is 28.4 Å². The van der Waals surface area contributed by atoms with Crippen molar-refractivity contribution in [3.63, 3.8) is 0 Å². The molecule has 2 fully saturated rings. The van der Waals surface area contributed by atoms with Gasteiger partial charge in [-0.2, -0.15) is 0 Å². The van der Waals surface area contributed by atoms with E-state index < -0.39 is 47.1 Å². The van der Waals surface area contributed by atoms with Gasteiger partial charge in [-0.05, 0) is 68.1 Å². The molecule has 0 amide bonds. The zero-order chi connectivity index (χ0) is 38.0. The molecule has 0 aromatic heterocycles. The summed E-state index contributed by atoms with van der Waals surface area (Å²) in [4.78, 5) is 31.7. The van der Waals surface area contributed by atoms with E-state index in [1.54, 1.807) is 12.1 Å². The van der Waals surface area contributed by atoms with Gasteiger partial charge >= 0.3 is 11.9 Å². The van der Waals surface area contributed by atoms with Crippen molar-refractivity contribution in [3.05, 3.63) is 62.7 Å². The Morgan fingerprint density at radius 3 is 2.54 bits per heavy atom. The fraction of sp³-hybridized carbons (Fsp3) is 0.487. The molecule has 4 bridgehead atoms. The van der Waals surface area contributed by atoms with E-state index in [0.717, 1.165) is 16.7 Å². The maximum absolute atomic E-state index is 14.7. The summed E-state index contributed by atoms with van der Waals surface area (Å²) in [5.74, 6) is 0.949. The summed E-state index contributed by atoms with van der Waals surface area (Å²) in [6.45, 7) is 5.26. The van der Waals surface area contributed by atoms with Crippen molar-refractivity contribution in [2.24, 2.45) is 0 Å². The third-order valence-corrected chi connectivity index (χ3v) is 13.7. The van der Waals surface area contributed by atoms with Crippen LogP contribution >= 0.6 is 11.8 Å². The highest BCUT2D eigenvalue weighted by atomic mass is 32.2. The molecule has 3 aromatic rings. The molecule has 0 radical (unpaired) electrons. The Labute approximate surface area is 316 Å². The second kappa shape index (κ2) is 12.6. The van der Waals surface area contributed by atoms with Gasteiger partial charge in [0.05, 0.1) is 37.6 Å². The number of nitrogens with one attached hydrogen (secondary N) is 1. The predicted octanol–water partition coefficient (Wildman–Crippen LogP) is 3.41. The lowest BCUT2D eigenvalue weighted by atomic mass is 9.73. The van der Waals surface area contributed by atoms with Gasteiger partial charge in [-0.1, -0.05) is 6.07 Å². The number of hydrogen-bond donors (Lipinski definition) is 4. The molecule has 4 N–H and O–H groups in total. The van der Waals surface area contributed by atoms with Crippen LogP contribution in [0.25, 0.3) is 0 Å². The van der Waals surface area contributed by atoms with Crippen LogP contribution in [0.4, 0.5) is 0 Å². The van der Waals surface area contributed by atoms with Gasteiger partial charge in [-0.3, -0.25) is 19.9 Å². The van der Waals surface area contributed by atoms with E-state index in [9.17, 15) is 24.9 Å². The van der Waals surface area contributed by atoms with Gasteiger partial charge < -0.3 is 43.7 Å². The van der Waals surface area contributed by atoms with Gasteiger partial charge in [-0.15, -0.1) is 11.8 Å². The van der Waals surface area contributed by atoms with Crippen molar-refractivity contribution in [2.45, 2.75) is 74.8 Å². The molecule has 2 saturated heterocycles. The van der Waals surface area contributed by atoms with Gasteiger partial charge in [0, 0.05) is 47.5 Å². The molecule has 10 rings (SSSR count). The molecule has 14 nitrogen and oxygen atoms in total. The fourth-order valence-electron chi connectivity index (χ4n) is 10.00. The van der Waals surface area contributed by atoms with E-state index >= 15 is 0 Å². The first kappa shape index (κ1) is 35.3. The van der Waals surface area contributed by atoms with Crippen molar-refractivity contribution in [1.29, 1.82) is 0 Å². The summed E-state index contributed by atoms with van der Waals surface area (Å²) in [5, 5.41) is 38.2. The van der Waals surface area contributed by atoms with E-state index in [1.165, 1.54) is 32.9 Å². The molecule has 7 aliphatic rings. The average Bonchev–Trinajstić information content (AvgIpc) is 3.63. The topological polar surface area (TPSA) is 169 Å². The first-order valence-corrected chi connectivity index (χ1v) is 19.1. The number of fused-ring (bicyclic) bond motifs is 9. The molecule has 15 heteroatoms. The highest BCUT2D eigenvalue weighted by Gasteiger charge is 2.61. The lowest BCUT2D eigenvalue weighted by Crippen LogP contribution is -2.70. The molecule has 7 heterocycles. The first-order chi connectivity index (χ1) is 25.9. The third-order valence-electron chi connectivity index (χ3n) is 12.3. The third kappa shape index (κ3) is 4.74. The number of aliphatic hydroxyl groups excluding tert-OH is 1. The summed E-state index contributed by atoms with van der Waals surface area (Å²) in [6, 6.07) is 3.13. The number of likely N-dealkylation sites (N-methyl/N-ethyl adjacent to an activating group) is 1. The normalized spacial score (nSPS) is 29.4. The second-order valence-corrected chi connectivity index (χ2v) is 16.1. The molecule has 286 valence electrons. The Kier molecular flexibility index (Phi) is 8.21. The number of benzene rings is 3. The minimum atomic E-state index is -1.36. The number of hydrogen-bond acceptors (Lipinski definition) is 15. The summed E-state index contributed by atoms with van der Waals surface area (Å²) in [5.41, 5.74) is 4.36. The van der Waals surface area contributed by atoms with Crippen LogP contribution in [0.15, 0.2) is 18.2 Å².